The van der Waals surface area contributed by atoms with Gasteiger partial charge in [0.25, 0.3) is 5.91 Å². The minimum absolute atomic E-state index is 0.0510. The fourth-order valence-corrected chi connectivity index (χ4v) is 4.70. The summed E-state index contributed by atoms with van der Waals surface area (Å²) in [5, 5.41) is 4.53. The van der Waals surface area contributed by atoms with Crippen molar-refractivity contribution in [3.05, 3.63) is 53.3 Å². The Kier molecular flexibility index (Phi) is 6.81. The topological polar surface area (TPSA) is 104 Å². The van der Waals surface area contributed by atoms with Gasteiger partial charge >= 0.3 is 6.09 Å². The molecule has 0 atom stereocenters. The molecule has 10 heteroatoms. The van der Waals surface area contributed by atoms with Crippen molar-refractivity contribution in [2.75, 3.05) is 36.4 Å². The van der Waals surface area contributed by atoms with E-state index in [9.17, 15) is 9.59 Å². The van der Waals surface area contributed by atoms with Crippen LogP contribution in [0.3, 0.4) is 0 Å². The number of anilines is 2. The zero-order valence-corrected chi connectivity index (χ0v) is 22.7. The third-order valence-electron chi connectivity index (χ3n) is 6.73. The number of rotatable bonds is 5. The van der Waals surface area contributed by atoms with E-state index in [1.165, 1.54) is 0 Å². The van der Waals surface area contributed by atoms with Gasteiger partial charge in [-0.25, -0.2) is 9.78 Å². The van der Waals surface area contributed by atoms with Gasteiger partial charge in [0.15, 0.2) is 0 Å². The van der Waals surface area contributed by atoms with Crippen LogP contribution in [0, 0.1) is 0 Å². The first-order valence-corrected chi connectivity index (χ1v) is 13.1. The van der Waals surface area contributed by atoms with Crippen molar-refractivity contribution in [2.45, 2.75) is 59.4 Å². The van der Waals surface area contributed by atoms with E-state index < -0.39 is 5.60 Å². The zero-order chi connectivity index (χ0) is 27.0. The summed E-state index contributed by atoms with van der Waals surface area (Å²) in [5.74, 6) is 1.07. The lowest BCUT2D eigenvalue weighted by atomic mass is 10.1. The summed E-state index contributed by atoms with van der Waals surface area (Å²) < 4.78 is 5.52. The predicted molar refractivity (Wildman–Crippen MR) is 146 cm³/mol. The first-order chi connectivity index (χ1) is 18.1. The summed E-state index contributed by atoms with van der Waals surface area (Å²) in [6.45, 7) is 12.7. The van der Waals surface area contributed by atoms with Crippen molar-refractivity contribution >= 4 is 34.7 Å². The number of carbonyl (C=O) groups excluding carboxylic acids is 2. The number of carbonyl (C=O) groups is 2. The number of benzene rings is 1. The summed E-state index contributed by atoms with van der Waals surface area (Å²) in [4.78, 5) is 45.4. The van der Waals surface area contributed by atoms with Gasteiger partial charge in [0.1, 0.15) is 17.1 Å². The quantitative estimate of drug-likeness (QED) is 0.541. The van der Waals surface area contributed by atoms with Crippen molar-refractivity contribution < 1.29 is 14.3 Å². The van der Waals surface area contributed by atoms with E-state index in [1.54, 1.807) is 4.90 Å². The first-order valence-electron chi connectivity index (χ1n) is 13.1. The number of hydrogen-bond acceptors (Lipinski definition) is 8. The zero-order valence-electron chi connectivity index (χ0n) is 22.7. The van der Waals surface area contributed by atoms with Gasteiger partial charge in [0, 0.05) is 55.9 Å². The second-order valence-electron chi connectivity index (χ2n) is 11.1. The van der Waals surface area contributed by atoms with E-state index >= 15 is 0 Å². The summed E-state index contributed by atoms with van der Waals surface area (Å²) in [7, 11) is 0. The second kappa shape index (κ2) is 10.1. The highest BCUT2D eigenvalue weighted by Gasteiger charge is 2.35. The third-order valence-corrected chi connectivity index (χ3v) is 6.73. The molecule has 2 aromatic heterocycles. The fraction of sp³-hybridized carbons (Fsp3) is 0.464. The summed E-state index contributed by atoms with van der Waals surface area (Å²) >= 11 is 0. The molecule has 1 fully saturated rings. The molecule has 4 heterocycles. The normalized spacial score (nSPS) is 15.8. The molecule has 0 radical (unpaired) electrons. The van der Waals surface area contributed by atoms with E-state index in [-0.39, 0.29) is 18.0 Å². The van der Waals surface area contributed by atoms with Crippen LogP contribution in [0.5, 0.6) is 0 Å². The van der Waals surface area contributed by atoms with Gasteiger partial charge < -0.3 is 24.8 Å². The lowest BCUT2D eigenvalue weighted by Crippen LogP contribution is -2.50. The van der Waals surface area contributed by atoms with Crippen LogP contribution in [-0.2, 0) is 17.8 Å². The molecule has 5 rings (SSSR count). The molecule has 2 amide bonds. The van der Waals surface area contributed by atoms with Gasteiger partial charge in [-0.15, -0.1) is 0 Å². The van der Waals surface area contributed by atoms with E-state index in [2.05, 4.69) is 16.4 Å². The molecule has 0 aliphatic carbocycles. The Morgan fingerprint density at radius 3 is 2.55 bits per heavy atom. The van der Waals surface area contributed by atoms with Gasteiger partial charge in [-0.1, -0.05) is 18.2 Å². The monoisotopic (exact) mass is 517 g/mol. The van der Waals surface area contributed by atoms with Gasteiger partial charge in [-0.2, -0.15) is 4.98 Å². The number of aromatic nitrogens is 3. The molecule has 200 valence electrons. The Morgan fingerprint density at radius 1 is 1.11 bits per heavy atom. The SMILES string of the molecule is CC(C)N1Cc2c(NCc3cnc4ccccc4c3)nc(N3CCN(C(=O)OC(C)(C)C)CC3)nc2C1=O. The third kappa shape index (κ3) is 5.34. The summed E-state index contributed by atoms with van der Waals surface area (Å²) in [5.41, 5.74) is 2.69. The largest absolute Gasteiger partial charge is 0.444 e. The minimum atomic E-state index is -0.541. The number of hydrogen-bond donors (Lipinski definition) is 1. The molecule has 0 saturated carbocycles. The number of amides is 2. The Bertz CT molecular complexity index is 1360. The van der Waals surface area contributed by atoms with Crippen LogP contribution in [0.2, 0.25) is 0 Å². The van der Waals surface area contributed by atoms with E-state index in [1.807, 2.05) is 74.9 Å². The highest BCUT2D eigenvalue weighted by Crippen LogP contribution is 2.31. The maximum Gasteiger partial charge on any atom is 0.410 e. The van der Waals surface area contributed by atoms with Crippen molar-refractivity contribution in [3.8, 4) is 0 Å². The van der Waals surface area contributed by atoms with Gasteiger partial charge in [-0.3, -0.25) is 9.78 Å². The van der Waals surface area contributed by atoms with Gasteiger partial charge in [0.2, 0.25) is 5.95 Å². The fourth-order valence-electron chi connectivity index (χ4n) is 4.70. The van der Waals surface area contributed by atoms with E-state index in [0.29, 0.717) is 56.7 Å². The van der Waals surface area contributed by atoms with Crippen LogP contribution in [0.4, 0.5) is 16.6 Å². The van der Waals surface area contributed by atoms with Crippen molar-refractivity contribution in [1.29, 1.82) is 0 Å². The highest BCUT2D eigenvalue weighted by molar-refractivity contribution is 5.98. The number of ether oxygens (including phenoxy) is 1. The molecule has 2 aliphatic rings. The van der Waals surface area contributed by atoms with Crippen molar-refractivity contribution in [1.82, 2.24) is 24.8 Å². The Balaban J connectivity index is 1.37. The van der Waals surface area contributed by atoms with Crippen LogP contribution < -0.4 is 10.2 Å². The van der Waals surface area contributed by atoms with Crippen LogP contribution in [-0.4, -0.2) is 74.6 Å². The van der Waals surface area contributed by atoms with Crippen LogP contribution in [0.15, 0.2) is 36.5 Å². The van der Waals surface area contributed by atoms with Gasteiger partial charge in [-0.05, 0) is 52.3 Å². The second-order valence-corrected chi connectivity index (χ2v) is 11.1. The lowest BCUT2D eigenvalue weighted by Gasteiger charge is -2.35. The average Bonchev–Trinajstić information content (AvgIpc) is 3.23. The Hall–Kier alpha value is -3.95. The molecule has 38 heavy (non-hydrogen) atoms. The smallest absolute Gasteiger partial charge is 0.410 e. The van der Waals surface area contributed by atoms with Crippen LogP contribution in [0.1, 0.15) is 56.2 Å². The number of para-hydroxylation sites is 1. The summed E-state index contributed by atoms with van der Waals surface area (Å²) in [6.07, 6.45) is 1.54. The number of pyridine rings is 1. The Labute approximate surface area is 223 Å². The first kappa shape index (κ1) is 25.7. The molecule has 1 aromatic carbocycles. The Morgan fingerprint density at radius 2 is 1.84 bits per heavy atom. The molecule has 10 nitrogen and oxygen atoms in total. The lowest BCUT2D eigenvalue weighted by molar-refractivity contribution is 0.0240. The standard InChI is InChI=1S/C28H35N7O3/c1-18(2)35-17-21-23(25(35)36)31-26(33-10-12-34(13-11-33)27(37)38-28(3,4)5)32-24(21)30-16-19-14-20-8-6-7-9-22(20)29-15-19/h6-9,14-15,18H,10-13,16-17H2,1-5H3,(H,30,31,32). The number of nitrogens with one attached hydrogen (secondary N) is 1. The number of fused-ring (bicyclic) bond motifs is 2. The molecule has 0 spiro atoms. The predicted octanol–water partition coefficient (Wildman–Crippen LogP) is 4.06. The van der Waals surface area contributed by atoms with E-state index in [0.717, 1.165) is 22.0 Å². The maximum atomic E-state index is 13.2. The van der Waals surface area contributed by atoms with Gasteiger partial charge in [0.05, 0.1) is 12.1 Å². The van der Waals surface area contributed by atoms with Crippen molar-refractivity contribution in [2.24, 2.45) is 0 Å². The molecule has 3 aromatic rings. The highest BCUT2D eigenvalue weighted by atomic mass is 16.6. The molecular formula is C28H35N7O3. The van der Waals surface area contributed by atoms with Crippen LogP contribution in [0.25, 0.3) is 10.9 Å². The molecule has 0 unspecified atom stereocenters. The van der Waals surface area contributed by atoms with E-state index in [4.69, 9.17) is 14.7 Å². The summed E-state index contributed by atoms with van der Waals surface area (Å²) in [6, 6.07) is 10.2. The molecule has 1 N–H and O–H groups in total. The number of piperazine rings is 1. The average molecular weight is 518 g/mol. The minimum Gasteiger partial charge on any atom is -0.444 e. The van der Waals surface area contributed by atoms with Crippen molar-refractivity contribution in [3.63, 3.8) is 0 Å². The van der Waals surface area contributed by atoms with Crippen LogP contribution >= 0.6 is 0 Å². The molecule has 2 aliphatic heterocycles. The molecular weight excluding hydrogens is 482 g/mol. The maximum absolute atomic E-state index is 13.2. The molecule has 1 saturated heterocycles. The molecule has 0 bridgehead atoms. The number of nitrogens with zero attached hydrogens (tertiary/aromatic N) is 6.